The molecule has 0 unspecified atom stereocenters. The lowest BCUT2D eigenvalue weighted by atomic mass is 9.94. The summed E-state index contributed by atoms with van der Waals surface area (Å²) in [7, 11) is 0. The van der Waals surface area contributed by atoms with Crippen molar-refractivity contribution in [1.82, 2.24) is 9.88 Å². The molecule has 0 spiro atoms. The molecule has 1 aliphatic rings. The maximum absolute atomic E-state index is 13.5. The smallest absolute Gasteiger partial charge is 0.323 e. The molecule has 0 saturated heterocycles. The number of rotatable bonds is 8. The molecule has 2 aromatic rings. The predicted octanol–water partition coefficient (Wildman–Crippen LogP) is 5.01. The number of carboxylic acid groups (broad SMARTS) is 1. The van der Waals surface area contributed by atoms with Crippen molar-refractivity contribution < 1.29 is 23.5 Å². The van der Waals surface area contributed by atoms with E-state index in [1.165, 1.54) is 23.5 Å². The normalized spacial score (nSPS) is 14.5. The monoisotopic (exact) mass is 455 g/mol. The number of hydrogen-bond acceptors (Lipinski definition) is 5. The highest BCUT2D eigenvalue weighted by Crippen LogP contribution is 2.29. The summed E-state index contributed by atoms with van der Waals surface area (Å²) in [5, 5.41) is 12.0. The number of nitrogens with one attached hydrogen (secondary N) is 1. The van der Waals surface area contributed by atoms with E-state index in [-0.39, 0.29) is 17.8 Å². The van der Waals surface area contributed by atoms with Gasteiger partial charge in [-0.25, -0.2) is 18.6 Å². The van der Waals surface area contributed by atoms with Crippen molar-refractivity contribution in [3.05, 3.63) is 41.6 Å². The molecule has 3 rings (SSSR count). The van der Waals surface area contributed by atoms with Crippen LogP contribution < -0.4 is 5.32 Å². The first-order chi connectivity index (χ1) is 14.4. The SMILES string of the molecule is O=C(O)CSc1cnc(NC(=O)N(CCc2ccc(F)c(F)c2)C2CCCCC2)s1. The van der Waals surface area contributed by atoms with Gasteiger partial charge in [0.2, 0.25) is 0 Å². The van der Waals surface area contributed by atoms with Crippen LogP contribution in [-0.4, -0.2) is 45.3 Å². The van der Waals surface area contributed by atoms with Crippen molar-refractivity contribution in [2.45, 2.75) is 48.8 Å². The maximum atomic E-state index is 13.5. The first kappa shape index (κ1) is 22.5. The number of carbonyl (C=O) groups excluding carboxylic acids is 1. The average Bonchev–Trinajstić information content (AvgIpc) is 3.17. The zero-order valence-corrected chi connectivity index (χ0v) is 17.9. The Bertz CT molecular complexity index is 888. The molecular weight excluding hydrogens is 432 g/mol. The Morgan fingerprint density at radius 1 is 1.23 bits per heavy atom. The Morgan fingerprint density at radius 2 is 2.00 bits per heavy atom. The fourth-order valence-corrected chi connectivity index (χ4v) is 5.05. The van der Waals surface area contributed by atoms with E-state index in [1.54, 1.807) is 11.1 Å². The van der Waals surface area contributed by atoms with Gasteiger partial charge in [-0.15, -0.1) is 11.8 Å². The Labute approximate surface area is 181 Å². The van der Waals surface area contributed by atoms with Gasteiger partial charge in [0.1, 0.15) is 0 Å². The third kappa shape index (κ3) is 6.40. The van der Waals surface area contributed by atoms with Gasteiger partial charge in [0.05, 0.1) is 16.2 Å². The van der Waals surface area contributed by atoms with E-state index in [1.807, 2.05) is 0 Å². The van der Waals surface area contributed by atoms with Crippen molar-refractivity contribution in [3.63, 3.8) is 0 Å². The molecule has 2 amide bonds. The standard InChI is InChI=1S/C20H23F2N3O3S2/c21-15-7-6-13(10-16(15)22)8-9-25(14-4-2-1-3-5-14)20(28)24-19-23-11-18(30-19)29-12-17(26)27/h6-7,10-11,14H,1-5,8-9,12H2,(H,26,27)(H,23,24,28). The molecule has 1 aromatic heterocycles. The number of thioether (sulfide) groups is 1. The van der Waals surface area contributed by atoms with Crippen molar-refractivity contribution in [2.75, 3.05) is 17.6 Å². The molecule has 1 saturated carbocycles. The third-order valence-corrected chi connectivity index (χ3v) is 7.03. The number of benzene rings is 1. The number of aliphatic carboxylic acids is 1. The molecule has 1 fully saturated rings. The van der Waals surface area contributed by atoms with Gasteiger partial charge in [0, 0.05) is 12.6 Å². The van der Waals surface area contributed by atoms with Gasteiger partial charge >= 0.3 is 12.0 Å². The number of aromatic nitrogens is 1. The molecule has 1 heterocycles. The van der Waals surface area contributed by atoms with Crippen LogP contribution in [0.2, 0.25) is 0 Å². The molecule has 0 atom stereocenters. The first-order valence-electron chi connectivity index (χ1n) is 9.74. The number of carbonyl (C=O) groups is 2. The lowest BCUT2D eigenvalue weighted by molar-refractivity contribution is -0.133. The van der Waals surface area contributed by atoms with Crippen LogP contribution in [0.1, 0.15) is 37.7 Å². The summed E-state index contributed by atoms with van der Waals surface area (Å²) >= 11 is 2.37. The molecule has 0 bridgehead atoms. The first-order valence-corrected chi connectivity index (χ1v) is 11.5. The van der Waals surface area contributed by atoms with E-state index in [0.717, 1.165) is 49.9 Å². The Hall–Kier alpha value is -2.20. The number of hydrogen-bond donors (Lipinski definition) is 2. The summed E-state index contributed by atoms with van der Waals surface area (Å²) < 4.78 is 27.4. The van der Waals surface area contributed by atoms with Crippen LogP contribution in [0.4, 0.5) is 18.7 Å². The van der Waals surface area contributed by atoms with Gasteiger partial charge in [-0.3, -0.25) is 10.1 Å². The Morgan fingerprint density at radius 3 is 2.70 bits per heavy atom. The van der Waals surface area contributed by atoms with Crippen molar-refractivity contribution in [2.24, 2.45) is 0 Å². The average molecular weight is 456 g/mol. The zero-order valence-electron chi connectivity index (χ0n) is 16.3. The summed E-state index contributed by atoms with van der Waals surface area (Å²) in [4.78, 5) is 29.6. The topological polar surface area (TPSA) is 82.5 Å². The molecule has 162 valence electrons. The lowest BCUT2D eigenvalue weighted by Gasteiger charge is -2.34. The van der Waals surface area contributed by atoms with E-state index in [2.05, 4.69) is 10.3 Å². The Kier molecular flexibility index (Phi) is 8.03. The number of nitrogens with zero attached hydrogens (tertiary/aromatic N) is 2. The van der Waals surface area contributed by atoms with Crippen LogP contribution in [0.25, 0.3) is 0 Å². The summed E-state index contributed by atoms with van der Waals surface area (Å²) in [6.07, 6.45) is 7.01. The summed E-state index contributed by atoms with van der Waals surface area (Å²) in [6.45, 7) is 0.383. The highest BCUT2D eigenvalue weighted by atomic mass is 32.2. The highest BCUT2D eigenvalue weighted by Gasteiger charge is 2.26. The van der Waals surface area contributed by atoms with E-state index >= 15 is 0 Å². The molecule has 10 heteroatoms. The van der Waals surface area contributed by atoms with Gasteiger partial charge in [-0.2, -0.15) is 0 Å². The van der Waals surface area contributed by atoms with Crippen LogP contribution in [-0.2, 0) is 11.2 Å². The lowest BCUT2D eigenvalue weighted by Crippen LogP contribution is -2.45. The van der Waals surface area contributed by atoms with E-state index in [9.17, 15) is 18.4 Å². The molecule has 0 aliphatic heterocycles. The second-order valence-electron chi connectivity index (χ2n) is 7.08. The van der Waals surface area contributed by atoms with Gasteiger partial charge in [0.25, 0.3) is 0 Å². The van der Waals surface area contributed by atoms with E-state index in [0.29, 0.717) is 27.9 Å². The molecule has 6 nitrogen and oxygen atoms in total. The van der Waals surface area contributed by atoms with Gasteiger partial charge in [-0.1, -0.05) is 36.7 Å². The Balaban J connectivity index is 1.65. The van der Waals surface area contributed by atoms with Crippen molar-refractivity contribution >= 4 is 40.2 Å². The van der Waals surface area contributed by atoms with Gasteiger partial charge in [0.15, 0.2) is 16.8 Å². The minimum atomic E-state index is -0.917. The number of carboxylic acids is 1. The molecule has 1 aromatic carbocycles. The molecule has 1 aliphatic carbocycles. The van der Waals surface area contributed by atoms with Crippen molar-refractivity contribution in [1.29, 1.82) is 0 Å². The number of amides is 2. The summed E-state index contributed by atoms with van der Waals surface area (Å²) in [5.41, 5.74) is 0.629. The molecule has 2 N–H and O–H groups in total. The maximum Gasteiger partial charge on any atom is 0.323 e. The fraction of sp³-hybridized carbons (Fsp3) is 0.450. The second kappa shape index (κ2) is 10.7. The quantitative estimate of drug-likeness (QED) is 0.547. The third-order valence-electron chi connectivity index (χ3n) is 4.94. The molecular formula is C20H23F2N3O3S2. The predicted molar refractivity (Wildman–Crippen MR) is 113 cm³/mol. The van der Waals surface area contributed by atoms with Crippen LogP contribution in [0.3, 0.4) is 0 Å². The second-order valence-corrected chi connectivity index (χ2v) is 9.39. The van der Waals surface area contributed by atoms with Crippen LogP contribution in [0.15, 0.2) is 28.6 Å². The number of thiazole rings is 1. The molecule has 30 heavy (non-hydrogen) atoms. The van der Waals surface area contributed by atoms with Crippen LogP contribution >= 0.6 is 23.1 Å². The number of anilines is 1. The van der Waals surface area contributed by atoms with E-state index in [4.69, 9.17) is 5.11 Å². The number of urea groups is 1. The molecule has 0 radical (unpaired) electrons. The fourth-order valence-electron chi connectivity index (χ4n) is 3.47. The summed E-state index contributed by atoms with van der Waals surface area (Å²) in [5.74, 6) is -2.77. The van der Waals surface area contributed by atoms with Gasteiger partial charge < -0.3 is 10.0 Å². The largest absolute Gasteiger partial charge is 0.481 e. The van der Waals surface area contributed by atoms with Crippen LogP contribution in [0, 0.1) is 11.6 Å². The number of halogens is 2. The van der Waals surface area contributed by atoms with E-state index < -0.39 is 17.6 Å². The summed E-state index contributed by atoms with van der Waals surface area (Å²) in [6, 6.07) is 3.60. The highest BCUT2D eigenvalue weighted by molar-refractivity contribution is 8.01. The van der Waals surface area contributed by atoms with Crippen molar-refractivity contribution in [3.8, 4) is 0 Å². The van der Waals surface area contributed by atoms with Gasteiger partial charge in [-0.05, 0) is 37.0 Å². The van der Waals surface area contributed by atoms with Crippen LogP contribution in [0.5, 0.6) is 0 Å². The minimum Gasteiger partial charge on any atom is -0.481 e. The zero-order chi connectivity index (χ0) is 21.5. The minimum absolute atomic E-state index is 0.0714.